The highest BCUT2D eigenvalue weighted by atomic mass is 16.5. The van der Waals surface area contributed by atoms with Crippen molar-refractivity contribution in [1.29, 1.82) is 0 Å². The van der Waals surface area contributed by atoms with Gasteiger partial charge in [-0.3, -0.25) is 0 Å². The van der Waals surface area contributed by atoms with Crippen LogP contribution in [0.15, 0.2) is 24.3 Å². The Hall–Kier alpha value is -2.04. The van der Waals surface area contributed by atoms with E-state index in [4.69, 9.17) is 9.47 Å². The fourth-order valence-corrected chi connectivity index (χ4v) is 3.08. The molecule has 0 spiro atoms. The average Bonchev–Trinajstić information content (AvgIpc) is 2.53. The van der Waals surface area contributed by atoms with E-state index >= 15 is 0 Å². The lowest BCUT2D eigenvalue weighted by molar-refractivity contribution is 0.273. The van der Waals surface area contributed by atoms with E-state index in [-0.39, 0.29) is 13.2 Å². The first-order valence-electron chi connectivity index (χ1n) is 7.58. The van der Waals surface area contributed by atoms with E-state index in [0.717, 1.165) is 33.4 Å². The Morgan fingerprint density at radius 2 is 1.04 bits per heavy atom. The zero-order valence-electron chi connectivity index (χ0n) is 14.1. The number of benzene rings is 2. The number of aliphatic hydroxyl groups is 2. The molecule has 124 valence electrons. The van der Waals surface area contributed by atoms with Crippen molar-refractivity contribution in [3.8, 4) is 11.5 Å². The van der Waals surface area contributed by atoms with Crippen LogP contribution in [0.3, 0.4) is 0 Å². The van der Waals surface area contributed by atoms with Crippen LogP contribution in [0.25, 0.3) is 0 Å². The lowest BCUT2D eigenvalue weighted by Gasteiger charge is -2.17. The van der Waals surface area contributed by atoms with Crippen LogP contribution in [0.5, 0.6) is 11.5 Å². The molecular weight excluding hydrogens is 292 g/mol. The molecular formula is C19H24O4. The number of methoxy groups -OCH3 is 2. The zero-order valence-corrected chi connectivity index (χ0v) is 14.1. The van der Waals surface area contributed by atoms with Crippen molar-refractivity contribution in [3.05, 3.63) is 57.6 Å². The number of hydrogen-bond acceptors (Lipinski definition) is 4. The molecule has 23 heavy (non-hydrogen) atoms. The fourth-order valence-electron chi connectivity index (χ4n) is 3.08. The Bertz CT molecular complexity index is 633. The molecule has 0 saturated carbocycles. The zero-order chi connectivity index (χ0) is 17.0. The van der Waals surface area contributed by atoms with Crippen molar-refractivity contribution in [2.24, 2.45) is 0 Å². The largest absolute Gasteiger partial charge is 0.496 e. The second kappa shape index (κ2) is 7.49. The molecule has 0 atom stereocenters. The molecule has 2 aromatic rings. The molecule has 0 aliphatic heterocycles. The van der Waals surface area contributed by atoms with Gasteiger partial charge in [-0.05, 0) is 25.0 Å². The molecule has 0 bridgehead atoms. The number of aryl methyl sites for hydroxylation is 2. The third-order valence-corrected chi connectivity index (χ3v) is 3.90. The SMILES string of the molecule is COc1c(CO)cc(C)cc1Cc1cc(C)cc(CO)c1OC. The molecule has 4 nitrogen and oxygen atoms in total. The van der Waals surface area contributed by atoms with Crippen LogP contribution in [0.4, 0.5) is 0 Å². The number of ether oxygens (including phenoxy) is 2. The average molecular weight is 316 g/mol. The van der Waals surface area contributed by atoms with Gasteiger partial charge in [-0.1, -0.05) is 35.4 Å². The van der Waals surface area contributed by atoms with Crippen molar-refractivity contribution in [1.82, 2.24) is 0 Å². The molecule has 0 aliphatic carbocycles. The topological polar surface area (TPSA) is 58.9 Å². The number of aliphatic hydroxyl groups excluding tert-OH is 2. The summed E-state index contributed by atoms with van der Waals surface area (Å²) in [6.45, 7) is 3.86. The van der Waals surface area contributed by atoms with Crippen molar-refractivity contribution < 1.29 is 19.7 Å². The maximum Gasteiger partial charge on any atom is 0.127 e. The first-order valence-corrected chi connectivity index (χ1v) is 7.58. The smallest absolute Gasteiger partial charge is 0.127 e. The van der Waals surface area contributed by atoms with Gasteiger partial charge in [-0.15, -0.1) is 0 Å². The van der Waals surface area contributed by atoms with E-state index in [1.807, 2.05) is 26.0 Å². The lowest BCUT2D eigenvalue weighted by atomic mass is 9.95. The van der Waals surface area contributed by atoms with E-state index in [2.05, 4.69) is 12.1 Å². The van der Waals surface area contributed by atoms with E-state index < -0.39 is 0 Å². The summed E-state index contributed by atoms with van der Waals surface area (Å²) in [5.74, 6) is 1.40. The molecule has 0 radical (unpaired) electrons. The third-order valence-electron chi connectivity index (χ3n) is 3.90. The van der Waals surface area contributed by atoms with Gasteiger partial charge in [0.2, 0.25) is 0 Å². The Balaban J connectivity index is 2.55. The van der Waals surface area contributed by atoms with Crippen molar-refractivity contribution in [3.63, 3.8) is 0 Å². The third kappa shape index (κ3) is 3.66. The number of rotatable bonds is 6. The van der Waals surface area contributed by atoms with Crippen LogP contribution in [-0.4, -0.2) is 24.4 Å². The Morgan fingerprint density at radius 3 is 1.35 bits per heavy atom. The maximum atomic E-state index is 9.55. The molecule has 2 rings (SSSR count). The summed E-state index contributed by atoms with van der Waals surface area (Å²) in [6.07, 6.45) is 0.607. The van der Waals surface area contributed by atoms with Gasteiger partial charge in [-0.2, -0.15) is 0 Å². The van der Waals surface area contributed by atoms with Gasteiger partial charge in [0, 0.05) is 17.5 Å². The van der Waals surface area contributed by atoms with Gasteiger partial charge in [0.25, 0.3) is 0 Å². The van der Waals surface area contributed by atoms with Gasteiger partial charge in [-0.25, -0.2) is 0 Å². The molecule has 0 unspecified atom stereocenters. The summed E-state index contributed by atoms with van der Waals surface area (Å²) < 4.78 is 11.0. The quantitative estimate of drug-likeness (QED) is 0.860. The Morgan fingerprint density at radius 1 is 0.696 bits per heavy atom. The first kappa shape index (κ1) is 17.3. The molecule has 0 saturated heterocycles. The minimum atomic E-state index is -0.0648. The first-order chi connectivity index (χ1) is 11.0. The van der Waals surface area contributed by atoms with Gasteiger partial charge < -0.3 is 19.7 Å². The Kier molecular flexibility index (Phi) is 5.64. The van der Waals surface area contributed by atoms with Crippen molar-refractivity contribution in [2.75, 3.05) is 14.2 Å². The summed E-state index contributed by atoms with van der Waals surface area (Å²) >= 11 is 0. The van der Waals surface area contributed by atoms with Crippen LogP contribution >= 0.6 is 0 Å². The van der Waals surface area contributed by atoms with Crippen LogP contribution < -0.4 is 9.47 Å². The summed E-state index contributed by atoms with van der Waals surface area (Å²) in [5, 5.41) is 19.1. The second-order valence-electron chi connectivity index (χ2n) is 5.73. The van der Waals surface area contributed by atoms with E-state index in [0.29, 0.717) is 17.9 Å². The van der Waals surface area contributed by atoms with E-state index in [9.17, 15) is 10.2 Å². The monoisotopic (exact) mass is 316 g/mol. The summed E-state index contributed by atoms with van der Waals surface area (Å²) in [6, 6.07) is 7.96. The molecule has 4 heteroatoms. The summed E-state index contributed by atoms with van der Waals surface area (Å²) in [4.78, 5) is 0. The van der Waals surface area contributed by atoms with Gasteiger partial charge in [0.15, 0.2) is 0 Å². The normalized spacial score (nSPS) is 10.7. The highest BCUT2D eigenvalue weighted by molar-refractivity contribution is 5.51. The van der Waals surface area contributed by atoms with Crippen LogP contribution in [0.2, 0.25) is 0 Å². The predicted octanol–water partition coefficient (Wildman–Crippen LogP) is 2.90. The van der Waals surface area contributed by atoms with Crippen LogP contribution in [0.1, 0.15) is 33.4 Å². The molecule has 0 fully saturated rings. The highest BCUT2D eigenvalue weighted by Crippen LogP contribution is 2.33. The minimum absolute atomic E-state index is 0.0648. The van der Waals surface area contributed by atoms with Gasteiger partial charge >= 0.3 is 0 Å². The van der Waals surface area contributed by atoms with Crippen LogP contribution in [0, 0.1) is 13.8 Å². The molecule has 2 N–H and O–H groups in total. The number of hydrogen-bond donors (Lipinski definition) is 2. The maximum absolute atomic E-state index is 9.55. The summed E-state index contributed by atoms with van der Waals surface area (Å²) in [7, 11) is 3.22. The van der Waals surface area contributed by atoms with E-state index in [1.165, 1.54) is 0 Å². The van der Waals surface area contributed by atoms with Crippen molar-refractivity contribution >= 4 is 0 Å². The molecule has 0 aliphatic rings. The lowest BCUT2D eigenvalue weighted by Crippen LogP contribution is -2.03. The fraction of sp³-hybridized carbons (Fsp3) is 0.368. The van der Waals surface area contributed by atoms with Gasteiger partial charge in [0.05, 0.1) is 27.4 Å². The molecule has 2 aromatic carbocycles. The molecule has 0 aromatic heterocycles. The standard InChI is InChI=1S/C19H24O4/c1-12-5-14(18(22-3)16(7-12)10-20)9-15-6-13(2)8-17(11-21)19(15)23-4/h5-8,20-21H,9-11H2,1-4H3. The Labute approximate surface area is 137 Å². The highest BCUT2D eigenvalue weighted by Gasteiger charge is 2.15. The summed E-state index contributed by atoms with van der Waals surface area (Å²) in [5.41, 5.74) is 5.67. The van der Waals surface area contributed by atoms with Crippen molar-refractivity contribution in [2.45, 2.75) is 33.5 Å². The van der Waals surface area contributed by atoms with Crippen LogP contribution in [-0.2, 0) is 19.6 Å². The predicted molar refractivity (Wildman–Crippen MR) is 90.1 cm³/mol. The molecule has 0 heterocycles. The minimum Gasteiger partial charge on any atom is -0.496 e. The molecule has 0 amide bonds. The second-order valence-corrected chi connectivity index (χ2v) is 5.73. The van der Waals surface area contributed by atoms with E-state index in [1.54, 1.807) is 14.2 Å². The van der Waals surface area contributed by atoms with Gasteiger partial charge in [0.1, 0.15) is 11.5 Å².